The lowest BCUT2D eigenvalue weighted by atomic mass is 10.1. The van der Waals surface area contributed by atoms with Crippen LogP contribution in [-0.4, -0.2) is 41.5 Å². The van der Waals surface area contributed by atoms with Gasteiger partial charge in [-0.05, 0) is 25.1 Å². The normalized spacial score (nSPS) is 12.4. The van der Waals surface area contributed by atoms with Gasteiger partial charge in [0.25, 0.3) is 11.5 Å². The van der Waals surface area contributed by atoms with Crippen LogP contribution in [0.1, 0.15) is 17.4 Å². The molecular formula is C21H19N3O6. The third-order valence-corrected chi connectivity index (χ3v) is 4.52. The highest BCUT2D eigenvalue weighted by Crippen LogP contribution is 2.32. The number of hydrogen-bond acceptors (Lipinski definition) is 7. The van der Waals surface area contributed by atoms with Crippen LogP contribution < -0.4 is 20.3 Å². The maximum absolute atomic E-state index is 12.6. The predicted octanol–water partition coefficient (Wildman–Crippen LogP) is 1.98. The van der Waals surface area contributed by atoms with E-state index in [4.69, 9.17) is 14.2 Å². The number of esters is 1. The van der Waals surface area contributed by atoms with E-state index >= 15 is 0 Å². The Balaban J connectivity index is 1.47. The molecule has 30 heavy (non-hydrogen) atoms. The minimum absolute atomic E-state index is 0.0146. The average Bonchev–Trinajstić information content (AvgIpc) is 2.78. The SMILES string of the molecule is CCn1nc(C(=O)OCC(=O)Nc2ccc3c(c2)OCCO3)c2ccccc2c1=O. The monoisotopic (exact) mass is 409 g/mol. The molecule has 1 amide bonds. The summed E-state index contributed by atoms with van der Waals surface area (Å²) in [6, 6.07) is 11.6. The second-order valence-electron chi connectivity index (χ2n) is 6.50. The fourth-order valence-corrected chi connectivity index (χ4v) is 3.12. The number of aryl methyl sites for hydroxylation is 1. The van der Waals surface area contributed by atoms with E-state index in [0.717, 1.165) is 0 Å². The van der Waals surface area contributed by atoms with Gasteiger partial charge < -0.3 is 19.5 Å². The molecule has 3 aromatic rings. The molecule has 4 rings (SSSR count). The Morgan fingerprint density at radius 2 is 1.83 bits per heavy atom. The van der Waals surface area contributed by atoms with Crippen LogP contribution in [0, 0.1) is 0 Å². The molecule has 0 fully saturated rings. The van der Waals surface area contributed by atoms with Crippen molar-refractivity contribution in [3.8, 4) is 11.5 Å². The van der Waals surface area contributed by atoms with Crippen molar-refractivity contribution in [1.29, 1.82) is 0 Å². The smallest absolute Gasteiger partial charge is 0.359 e. The molecule has 154 valence electrons. The van der Waals surface area contributed by atoms with E-state index in [1.165, 1.54) is 4.68 Å². The Kier molecular flexibility index (Phi) is 5.34. The van der Waals surface area contributed by atoms with Crippen molar-refractivity contribution in [3.63, 3.8) is 0 Å². The third-order valence-electron chi connectivity index (χ3n) is 4.52. The van der Waals surface area contributed by atoms with Crippen LogP contribution in [0.5, 0.6) is 11.5 Å². The van der Waals surface area contributed by atoms with Gasteiger partial charge in [-0.2, -0.15) is 5.10 Å². The van der Waals surface area contributed by atoms with Gasteiger partial charge >= 0.3 is 5.97 Å². The number of nitrogens with one attached hydrogen (secondary N) is 1. The molecular weight excluding hydrogens is 390 g/mol. The summed E-state index contributed by atoms with van der Waals surface area (Å²) in [5, 5.41) is 7.48. The van der Waals surface area contributed by atoms with Gasteiger partial charge in [-0.15, -0.1) is 0 Å². The summed E-state index contributed by atoms with van der Waals surface area (Å²) in [6.07, 6.45) is 0. The highest BCUT2D eigenvalue weighted by molar-refractivity contribution is 6.03. The van der Waals surface area contributed by atoms with Crippen molar-refractivity contribution < 1.29 is 23.8 Å². The largest absolute Gasteiger partial charge is 0.486 e. The maximum Gasteiger partial charge on any atom is 0.359 e. The fraction of sp³-hybridized carbons (Fsp3) is 0.238. The Labute approximate surface area is 171 Å². The Bertz CT molecular complexity index is 1190. The molecule has 0 saturated carbocycles. The van der Waals surface area contributed by atoms with Crippen LogP contribution in [0.2, 0.25) is 0 Å². The first kappa shape index (κ1) is 19.4. The molecule has 0 unspecified atom stereocenters. The minimum Gasteiger partial charge on any atom is -0.486 e. The molecule has 0 saturated heterocycles. The number of benzene rings is 2. The average molecular weight is 409 g/mol. The molecule has 0 aliphatic carbocycles. The predicted molar refractivity (Wildman–Crippen MR) is 108 cm³/mol. The van der Waals surface area contributed by atoms with E-state index in [1.54, 1.807) is 49.4 Å². The van der Waals surface area contributed by atoms with E-state index in [0.29, 0.717) is 47.7 Å². The van der Waals surface area contributed by atoms with Gasteiger partial charge in [-0.25, -0.2) is 9.48 Å². The lowest BCUT2D eigenvalue weighted by Crippen LogP contribution is -2.27. The third kappa shape index (κ3) is 3.82. The van der Waals surface area contributed by atoms with Gasteiger partial charge in [0.1, 0.15) is 13.2 Å². The van der Waals surface area contributed by atoms with Gasteiger partial charge in [0, 0.05) is 23.7 Å². The molecule has 0 spiro atoms. The zero-order chi connectivity index (χ0) is 21.1. The lowest BCUT2D eigenvalue weighted by molar-refractivity contribution is -0.119. The van der Waals surface area contributed by atoms with E-state index in [1.807, 2.05) is 0 Å². The van der Waals surface area contributed by atoms with Gasteiger partial charge in [-0.3, -0.25) is 9.59 Å². The van der Waals surface area contributed by atoms with E-state index in [-0.39, 0.29) is 11.3 Å². The fourth-order valence-electron chi connectivity index (χ4n) is 3.12. The quantitative estimate of drug-likeness (QED) is 0.642. The number of amides is 1. The van der Waals surface area contributed by atoms with Crippen LogP contribution in [-0.2, 0) is 16.1 Å². The van der Waals surface area contributed by atoms with Gasteiger partial charge in [0.05, 0.1) is 5.39 Å². The van der Waals surface area contributed by atoms with Gasteiger partial charge in [-0.1, -0.05) is 18.2 Å². The maximum atomic E-state index is 12.6. The number of aromatic nitrogens is 2. The summed E-state index contributed by atoms with van der Waals surface area (Å²) in [6.45, 7) is 2.45. The molecule has 9 heteroatoms. The lowest BCUT2D eigenvalue weighted by Gasteiger charge is -2.19. The topological polar surface area (TPSA) is 109 Å². The van der Waals surface area contributed by atoms with Crippen LogP contribution in [0.4, 0.5) is 5.69 Å². The van der Waals surface area contributed by atoms with Crippen molar-refractivity contribution >= 4 is 28.3 Å². The molecule has 1 aliphatic heterocycles. The molecule has 1 aromatic heterocycles. The van der Waals surface area contributed by atoms with Crippen molar-refractivity contribution in [2.75, 3.05) is 25.1 Å². The first-order valence-corrected chi connectivity index (χ1v) is 9.43. The zero-order valence-electron chi connectivity index (χ0n) is 16.2. The first-order chi connectivity index (χ1) is 14.6. The number of nitrogens with zero attached hydrogens (tertiary/aromatic N) is 2. The minimum atomic E-state index is -0.786. The number of carbonyl (C=O) groups excluding carboxylic acids is 2. The molecule has 9 nitrogen and oxygen atoms in total. The molecule has 1 aliphatic rings. The molecule has 0 bridgehead atoms. The molecule has 0 radical (unpaired) electrons. The van der Waals surface area contributed by atoms with Gasteiger partial charge in [0.15, 0.2) is 23.8 Å². The van der Waals surface area contributed by atoms with Crippen LogP contribution in [0.15, 0.2) is 47.3 Å². The second kappa shape index (κ2) is 8.24. The Morgan fingerprint density at radius 3 is 2.60 bits per heavy atom. The Hall–Kier alpha value is -3.88. The van der Waals surface area contributed by atoms with Crippen LogP contribution in [0.25, 0.3) is 10.8 Å². The summed E-state index contributed by atoms with van der Waals surface area (Å²) in [7, 11) is 0. The van der Waals surface area contributed by atoms with Crippen LogP contribution >= 0.6 is 0 Å². The number of hydrogen-bond donors (Lipinski definition) is 1. The summed E-state index contributed by atoms with van der Waals surface area (Å²) < 4.78 is 17.2. The van der Waals surface area contributed by atoms with Crippen molar-refractivity contribution in [3.05, 3.63) is 58.5 Å². The van der Waals surface area contributed by atoms with Crippen LogP contribution in [0.3, 0.4) is 0 Å². The van der Waals surface area contributed by atoms with Crippen molar-refractivity contribution in [1.82, 2.24) is 9.78 Å². The number of carbonyl (C=O) groups is 2. The van der Waals surface area contributed by atoms with Crippen molar-refractivity contribution in [2.45, 2.75) is 13.5 Å². The number of ether oxygens (including phenoxy) is 3. The summed E-state index contributed by atoms with van der Waals surface area (Å²) in [5.41, 5.74) is 0.184. The number of fused-ring (bicyclic) bond motifs is 2. The number of anilines is 1. The standard InChI is InChI=1S/C21H19N3O6/c1-2-24-20(26)15-6-4-3-5-14(15)19(23-24)21(27)30-12-18(25)22-13-7-8-16-17(11-13)29-10-9-28-16/h3-8,11H,2,9-10,12H2,1H3,(H,22,25). The summed E-state index contributed by atoms with van der Waals surface area (Å²) in [4.78, 5) is 37.2. The summed E-state index contributed by atoms with van der Waals surface area (Å²) >= 11 is 0. The van der Waals surface area contributed by atoms with E-state index in [2.05, 4.69) is 10.4 Å². The van der Waals surface area contributed by atoms with Gasteiger partial charge in [0.2, 0.25) is 0 Å². The zero-order valence-corrected chi connectivity index (χ0v) is 16.2. The molecule has 2 heterocycles. The Morgan fingerprint density at radius 1 is 1.10 bits per heavy atom. The first-order valence-electron chi connectivity index (χ1n) is 9.43. The highest BCUT2D eigenvalue weighted by atomic mass is 16.6. The van der Waals surface area contributed by atoms with Crippen molar-refractivity contribution in [2.24, 2.45) is 0 Å². The van der Waals surface area contributed by atoms with E-state index in [9.17, 15) is 14.4 Å². The second-order valence-corrected chi connectivity index (χ2v) is 6.50. The molecule has 2 aromatic carbocycles. The highest BCUT2D eigenvalue weighted by Gasteiger charge is 2.19. The number of rotatable bonds is 5. The molecule has 0 atom stereocenters. The summed E-state index contributed by atoms with van der Waals surface area (Å²) in [5.74, 6) is -0.165. The molecule has 1 N–H and O–H groups in total. The van der Waals surface area contributed by atoms with E-state index < -0.39 is 18.5 Å².